The van der Waals surface area contributed by atoms with Crippen LogP contribution in [0.15, 0.2) is 12.1 Å². The van der Waals surface area contributed by atoms with Gasteiger partial charge in [0.05, 0.1) is 6.61 Å². The summed E-state index contributed by atoms with van der Waals surface area (Å²) < 4.78 is 5.32. The molecule has 0 aliphatic heterocycles. The Labute approximate surface area is 88.4 Å². The molecule has 0 amide bonds. The first-order chi connectivity index (χ1) is 6.47. The molecule has 0 atom stereocenters. The van der Waals surface area contributed by atoms with E-state index in [1.165, 1.54) is 0 Å². The van der Waals surface area contributed by atoms with Crippen molar-refractivity contribution in [2.24, 2.45) is 5.73 Å². The highest BCUT2D eigenvalue weighted by Crippen LogP contribution is 2.10. The summed E-state index contributed by atoms with van der Waals surface area (Å²) in [5, 5.41) is 7.76. The van der Waals surface area contributed by atoms with Gasteiger partial charge in [-0.15, -0.1) is 10.2 Å². The molecule has 5 heteroatoms. The number of hydrogen-bond acceptors (Lipinski definition) is 4. The highest BCUT2D eigenvalue weighted by molar-refractivity contribution is 6.29. The monoisotopic (exact) mass is 215 g/mol. The Morgan fingerprint density at radius 2 is 2.14 bits per heavy atom. The van der Waals surface area contributed by atoms with Crippen LogP contribution in [0.2, 0.25) is 5.15 Å². The van der Waals surface area contributed by atoms with Crippen molar-refractivity contribution in [3.63, 3.8) is 0 Å². The van der Waals surface area contributed by atoms with E-state index in [9.17, 15) is 0 Å². The number of nitrogens with zero attached hydrogens (tertiary/aromatic N) is 2. The van der Waals surface area contributed by atoms with Gasteiger partial charge in [-0.25, -0.2) is 0 Å². The number of rotatable bonds is 4. The highest BCUT2D eigenvalue weighted by atomic mass is 35.5. The maximum Gasteiger partial charge on any atom is 0.233 e. The van der Waals surface area contributed by atoms with Gasteiger partial charge in [0, 0.05) is 11.6 Å². The molecule has 0 unspecified atom stereocenters. The Morgan fingerprint density at radius 1 is 1.43 bits per heavy atom. The normalized spacial score (nSPS) is 11.4. The standard InChI is InChI=1S/C9H14ClN3O/c1-9(2,11)5-6-14-8-4-3-7(10)12-13-8/h3-4H,5-6,11H2,1-2H3. The van der Waals surface area contributed by atoms with Crippen LogP contribution in [-0.4, -0.2) is 22.3 Å². The molecule has 78 valence electrons. The summed E-state index contributed by atoms with van der Waals surface area (Å²) in [6.07, 6.45) is 0.761. The third-order valence-electron chi connectivity index (χ3n) is 1.60. The first-order valence-electron chi connectivity index (χ1n) is 4.38. The van der Waals surface area contributed by atoms with Gasteiger partial charge in [-0.1, -0.05) is 11.6 Å². The largest absolute Gasteiger partial charge is 0.477 e. The van der Waals surface area contributed by atoms with Crippen LogP contribution in [0.3, 0.4) is 0 Å². The van der Waals surface area contributed by atoms with E-state index >= 15 is 0 Å². The lowest BCUT2D eigenvalue weighted by atomic mass is 10.0. The second-order valence-electron chi connectivity index (χ2n) is 3.78. The molecule has 1 aromatic heterocycles. The Morgan fingerprint density at radius 3 is 2.64 bits per heavy atom. The predicted octanol–water partition coefficient (Wildman–Crippen LogP) is 1.64. The fraction of sp³-hybridized carbons (Fsp3) is 0.556. The second-order valence-corrected chi connectivity index (χ2v) is 4.17. The van der Waals surface area contributed by atoms with Gasteiger partial charge in [0.15, 0.2) is 5.15 Å². The first-order valence-corrected chi connectivity index (χ1v) is 4.76. The minimum atomic E-state index is -0.222. The zero-order valence-electron chi connectivity index (χ0n) is 8.33. The smallest absolute Gasteiger partial charge is 0.233 e. The van der Waals surface area contributed by atoms with E-state index in [0.29, 0.717) is 17.6 Å². The molecule has 0 aromatic carbocycles. The maximum atomic E-state index is 5.79. The van der Waals surface area contributed by atoms with Crippen LogP contribution in [0.5, 0.6) is 5.88 Å². The summed E-state index contributed by atoms with van der Waals surface area (Å²) in [5.74, 6) is 0.471. The summed E-state index contributed by atoms with van der Waals surface area (Å²) in [6, 6.07) is 3.32. The van der Waals surface area contributed by atoms with Crippen LogP contribution in [0.25, 0.3) is 0 Å². The molecule has 0 saturated carbocycles. The summed E-state index contributed by atoms with van der Waals surface area (Å²) >= 11 is 5.57. The van der Waals surface area contributed by atoms with E-state index < -0.39 is 0 Å². The molecule has 1 rings (SSSR count). The van der Waals surface area contributed by atoms with Crippen molar-refractivity contribution < 1.29 is 4.74 Å². The van der Waals surface area contributed by atoms with Gasteiger partial charge in [0.25, 0.3) is 0 Å². The van der Waals surface area contributed by atoms with Crippen LogP contribution in [0, 0.1) is 0 Å². The molecule has 1 aromatic rings. The Kier molecular flexibility index (Phi) is 3.66. The quantitative estimate of drug-likeness (QED) is 0.830. The maximum absolute atomic E-state index is 5.79. The minimum absolute atomic E-state index is 0.222. The fourth-order valence-electron chi connectivity index (χ4n) is 0.799. The molecule has 0 aliphatic rings. The van der Waals surface area contributed by atoms with Crippen LogP contribution in [-0.2, 0) is 0 Å². The van der Waals surface area contributed by atoms with E-state index in [0.717, 1.165) is 6.42 Å². The van der Waals surface area contributed by atoms with Crippen LogP contribution < -0.4 is 10.5 Å². The predicted molar refractivity (Wildman–Crippen MR) is 55.4 cm³/mol. The van der Waals surface area contributed by atoms with E-state index in [1.54, 1.807) is 12.1 Å². The Hall–Kier alpha value is -0.870. The van der Waals surface area contributed by atoms with Crippen molar-refractivity contribution in [1.82, 2.24) is 10.2 Å². The van der Waals surface area contributed by atoms with Gasteiger partial charge in [-0.05, 0) is 26.3 Å². The average molecular weight is 216 g/mol. The van der Waals surface area contributed by atoms with Crippen LogP contribution in [0.4, 0.5) is 0 Å². The van der Waals surface area contributed by atoms with Gasteiger partial charge in [0.1, 0.15) is 0 Å². The minimum Gasteiger partial charge on any atom is -0.477 e. The van der Waals surface area contributed by atoms with Gasteiger partial charge in [-0.3, -0.25) is 0 Å². The van der Waals surface area contributed by atoms with E-state index in [2.05, 4.69) is 10.2 Å². The molecule has 0 fully saturated rings. The Balaban J connectivity index is 2.35. The third-order valence-corrected chi connectivity index (χ3v) is 1.81. The van der Waals surface area contributed by atoms with Crippen molar-refractivity contribution >= 4 is 11.6 Å². The fourth-order valence-corrected chi connectivity index (χ4v) is 0.900. The SMILES string of the molecule is CC(C)(N)CCOc1ccc(Cl)nn1. The molecular weight excluding hydrogens is 202 g/mol. The van der Waals surface area contributed by atoms with Crippen molar-refractivity contribution in [3.05, 3.63) is 17.3 Å². The molecule has 0 spiro atoms. The highest BCUT2D eigenvalue weighted by Gasteiger charge is 2.10. The molecule has 4 nitrogen and oxygen atoms in total. The van der Waals surface area contributed by atoms with Crippen molar-refractivity contribution in [2.75, 3.05) is 6.61 Å². The van der Waals surface area contributed by atoms with Crippen molar-refractivity contribution in [3.8, 4) is 5.88 Å². The lowest BCUT2D eigenvalue weighted by Gasteiger charge is -2.17. The zero-order valence-corrected chi connectivity index (χ0v) is 9.08. The van der Waals surface area contributed by atoms with E-state index in [1.807, 2.05) is 13.8 Å². The summed E-state index contributed by atoms with van der Waals surface area (Å²) in [4.78, 5) is 0. The van der Waals surface area contributed by atoms with Gasteiger partial charge in [-0.2, -0.15) is 0 Å². The second kappa shape index (κ2) is 4.57. The molecule has 0 aliphatic carbocycles. The lowest BCUT2D eigenvalue weighted by molar-refractivity contribution is 0.263. The zero-order chi connectivity index (χ0) is 10.6. The van der Waals surface area contributed by atoms with Gasteiger partial charge < -0.3 is 10.5 Å². The number of halogens is 1. The lowest BCUT2D eigenvalue weighted by Crippen LogP contribution is -2.33. The van der Waals surface area contributed by atoms with E-state index in [4.69, 9.17) is 22.1 Å². The molecule has 14 heavy (non-hydrogen) atoms. The number of aromatic nitrogens is 2. The molecule has 1 heterocycles. The molecular formula is C9H14ClN3O. The van der Waals surface area contributed by atoms with Crippen molar-refractivity contribution in [1.29, 1.82) is 0 Å². The molecule has 0 bridgehead atoms. The molecule has 2 N–H and O–H groups in total. The topological polar surface area (TPSA) is 61.0 Å². The summed E-state index contributed by atoms with van der Waals surface area (Å²) in [5.41, 5.74) is 5.56. The Bertz CT molecular complexity index is 281. The number of ether oxygens (including phenoxy) is 1. The van der Waals surface area contributed by atoms with Crippen molar-refractivity contribution in [2.45, 2.75) is 25.8 Å². The van der Waals surface area contributed by atoms with Gasteiger partial charge in [0.2, 0.25) is 5.88 Å². The van der Waals surface area contributed by atoms with E-state index in [-0.39, 0.29) is 5.54 Å². The third kappa shape index (κ3) is 4.39. The average Bonchev–Trinajstić information content (AvgIpc) is 2.06. The first kappa shape index (κ1) is 11.2. The van der Waals surface area contributed by atoms with Crippen LogP contribution >= 0.6 is 11.6 Å². The molecule has 0 saturated heterocycles. The van der Waals surface area contributed by atoms with Crippen LogP contribution in [0.1, 0.15) is 20.3 Å². The summed E-state index contributed by atoms with van der Waals surface area (Å²) in [6.45, 7) is 4.42. The van der Waals surface area contributed by atoms with Gasteiger partial charge >= 0.3 is 0 Å². The number of hydrogen-bond donors (Lipinski definition) is 1. The number of nitrogens with two attached hydrogens (primary N) is 1. The summed E-state index contributed by atoms with van der Waals surface area (Å²) in [7, 11) is 0. The molecule has 0 radical (unpaired) electrons.